The highest BCUT2D eigenvalue weighted by molar-refractivity contribution is 9.10. The van der Waals surface area contributed by atoms with Crippen LogP contribution in [0.1, 0.15) is 44.6 Å². The zero-order valence-corrected chi connectivity index (χ0v) is 15.3. The van der Waals surface area contributed by atoms with Crippen LogP contribution in [-0.2, 0) is 16.0 Å². The van der Waals surface area contributed by atoms with Gasteiger partial charge in [0.1, 0.15) is 0 Å². The minimum absolute atomic E-state index is 0.000492. The topological polar surface area (TPSA) is 49.4 Å². The number of nitrogens with one attached hydrogen (secondary N) is 1. The van der Waals surface area contributed by atoms with E-state index in [0.717, 1.165) is 22.9 Å². The first-order valence-electron chi connectivity index (χ1n) is 8.34. The maximum absolute atomic E-state index is 12.0. The van der Waals surface area contributed by atoms with Crippen molar-refractivity contribution in [2.75, 3.05) is 13.1 Å². The number of carbonyl (C=O) groups excluding carboxylic acids is 2. The Labute approximate surface area is 146 Å². The lowest BCUT2D eigenvalue weighted by atomic mass is 9.94. The standard InChI is InChI=1S/C18H25BrN2O2/c1-14(22)21(17-5-3-2-4-6-17)12-11-20-18(23)13-15-7-9-16(19)10-8-15/h7-10,17H,2-6,11-13H2,1H3,(H,20,23). The molecule has 1 N–H and O–H groups in total. The van der Waals surface area contributed by atoms with Gasteiger partial charge in [0.2, 0.25) is 11.8 Å². The third-order valence-electron chi connectivity index (χ3n) is 4.37. The quantitative estimate of drug-likeness (QED) is 0.822. The molecular formula is C18H25BrN2O2. The molecular weight excluding hydrogens is 356 g/mol. The highest BCUT2D eigenvalue weighted by Crippen LogP contribution is 2.22. The van der Waals surface area contributed by atoms with Crippen LogP contribution in [0.3, 0.4) is 0 Å². The van der Waals surface area contributed by atoms with E-state index in [4.69, 9.17) is 0 Å². The van der Waals surface area contributed by atoms with Gasteiger partial charge in [0, 0.05) is 30.5 Å². The van der Waals surface area contributed by atoms with Gasteiger partial charge in [-0.1, -0.05) is 47.3 Å². The Morgan fingerprint density at radius 3 is 2.43 bits per heavy atom. The Bertz CT molecular complexity index is 524. The lowest BCUT2D eigenvalue weighted by Gasteiger charge is -2.33. The second-order valence-corrected chi connectivity index (χ2v) is 7.07. The Morgan fingerprint density at radius 1 is 1.17 bits per heavy atom. The number of amides is 2. The molecule has 1 saturated carbocycles. The predicted octanol–water partition coefficient (Wildman–Crippen LogP) is 3.29. The minimum Gasteiger partial charge on any atom is -0.354 e. The minimum atomic E-state index is -0.000492. The number of halogens is 1. The van der Waals surface area contributed by atoms with Crippen LogP contribution in [0.4, 0.5) is 0 Å². The number of rotatable bonds is 6. The van der Waals surface area contributed by atoms with Crippen LogP contribution in [0.5, 0.6) is 0 Å². The Balaban J connectivity index is 1.76. The van der Waals surface area contributed by atoms with Crippen LogP contribution < -0.4 is 5.32 Å². The second-order valence-electron chi connectivity index (χ2n) is 6.16. The third kappa shape index (κ3) is 5.98. The van der Waals surface area contributed by atoms with Gasteiger partial charge in [-0.25, -0.2) is 0 Å². The second kappa shape index (κ2) is 9.06. The van der Waals surface area contributed by atoms with E-state index in [0.29, 0.717) is 25.6 Å². The van der Waals surface area contributed by atoms with E-state index in [9.17, 15) is 9.59 Å². The maximum atomic E-state index is 12.0. The Hall–Kier alpha value is -1.36. The predicted molar refractivity (Wildman–Crippen MR) is 95.1 cm³/mol. The highest BCUT2D eigenvalue weighted by atomic mass is 79.9. The van der Waals surface area contributed by atoms with Gasteiger partial charge < -0.3 is 10.2 Å². The van der Waals surface area contributed by atoms with Crippen molar-refractivity contribution < 1.29 is 9.59 Å². The molecule has 4 nitrogen and oxygen atoms in total. The van der Waals surface area contributed by atoms with Crippen molar-refractivity contribution in [2.24, 2.45) is 0 Å². The zero-order chi connectivity index (χ0) is 16.7. The number of carbonyl (C=O) groups is 2. The average molecular weight is 381 g/mol. The molecule has 0 aliphatic heterocycles. The molecule has 1 aliphatic rings. The summed E-state index contributed by atoms with van der Waals surface area (Å²) in [5.74, 6) is 0.110. The van der Waals surface area contributed by atoms with E-state index in [2.05, 4.69) is 21.2 Å². The first-order chi connectivity index (χ1) is 11.1. The van der Waals surface area contributed by atoms with E-state index in [1.165, 1.54) is 19.3 Å². The summed E-state index contributed by atoms with van der Waals surface area (Å²) in [7, 11) is 0. The molecule has 0 heterocycles. The fourth-order valence-corrected chi connectivity index (χ4v) is 3.42. The van der Waals surface area contributed by atoms with Crippen LogP contribution in [0.2, 0.25) is 0 Å². The molecule has 2 amide bonds. The third-order valence-corrected chi connectivity index (χ3v) is 4.90. The molecule has 2 rings (SSSR count). The first-order valence-corrected chi connectivity index (χ1v) is 9.14. The first kappa shape index (κ1) is 18.0. The van der Waals surface area contributed by atoms with Crippen LogP contribution in [0.15, 0.2) is 28.7 Å². The zero-order valence-electron chi connectivity index (χ0n) is 13.7. The molecule has 0 bridgehead atoms. The molecule has 0 unspecified atom stereocenters. The molecule has 0 radical (unpaired) electrons. The van der Waals surface area contributed by atoms with Crippen LogP contribution in [0.25, 0.3) is 0 Å². The van der Waals surface area contributed by atoms with Crippen molar-refractivity contribution in [3.63, 3.8) is 0 Å². The maximum Gasteiger partial charge on any atom is 0.224 e. The van der Waals surface area contributed by atoms with Crippen molar-refractivity contribution in [2.45, 2.75) is 51.5 Å². The molecule has 1 fully saturated rings. The smallest absolute Gasteiger partial charge is 0.224 e. The highest BCUT2D eigenvalue weighted by Gasteiger charge is 2.22. The van der Waals surface area contributed by atoms with Gasteiger partial charge in [0.15, 0.2) is 0 Å². The van der Waals surface area contributed by atoms with Crippen LogP contribution in [0, 0.1) is 0 Å². The monoisotopic (exact) mass is 380 g/mol. The summed E-state index contributed by atoms with van der Waals surface area (Å²) < 4.78 is 1.01. The fourth-order valence-electron chi connectivity index (χ4n) is 3.16. The van der Waals surface area contributed by atoms with Crippen molar-refractivity contribution in [3.8, 4) is 0 Å². The number of nitrogens with zero attached hydrogens (tertiary/aromatic N) is 1. The SMILES string of the molecule is CC(=O)N(CCNC(=O)Cc1ccc(Br)cc1)C1CCCCC1. The van der Waals surface area contributed by atoms with Gasteiger partial charge in [-0.2, -0.15) is 0 Å². The summed E-state index contributed by atoms with van der Waals surface area (Å²) in [5.41, 5.74) is 0.987. The molecule has 0 atom stereocenters. The molecule has 1 aromatic rings. The summed E-state index contributed by atoms with van der Waals surface area (Å²) in [6.45, 7) is 2.75. The van der Waals surface area contributed by atoms with Gasteiger partial charge in [-0.05, 0) is 30.5 Å². The van der Waals surface area contributed by atoms with E-state index in [-0.39, 0.29) is 11.8 Å². The number of hydrogen-bond acceptors (Lipinski definition) is 2. The Kier molecular flexibility index (Phi) is 7.09. The van der Waals surface area contributed by atoms with E-state index in [1.807, 2.05) is 29.2 Å². The molecule has 126 valence electrons. The van der Waals surface area contributed by atoms with E-state index in [1.54, 1.807) is 6.92 Å². The van der Waals surface area contributed by atoms with Crippen LogP contribution in [-0.4, -0.2) is 35.8 Å². The van der Waals surface area contributed by atoms with Gasteiger partial charge in [-0.15, -0.1) is 0 Å². The normalized spacial score (nSPS) is 15.2. The van der Waals surface area contributed by atoms with Gasteiger partial charge >= 0.3 is 0 Å². The summed E-state index contributed by atoms with van der Waals surface area (Å²) in [4.78, 5) is 25.8. The summed E-state index contributed by atoms with van der Waals surface area (Å²) in [5, 5.41) is 2.93. The summed E-state index contributed by atoms with van der Waals surface area (Å²) in [6.07, 6.45) is 6.22. The summed E-state index contributed by atoms with van der Waals surface area (Å²) >= 11 is 3.38. The molecule has 0 spiro atoms. The van der Waals surface area contributed by atoms with Crippen molar-refractivity contribution in [3.05, 3.63) is 34.3 Å². The number of benzene rings is 1. The Morgan fingerprint density at radius 2 is 1.83 bits per heavy atom. The lowest BCUT2D eigenvalue weighted by Crippen LogP contribution is -2.44. The molecule has 23 heavy (non-hydrogen) atoms. The number of hydrogen-bond donors (Lipinski definition) is 1. The fraction of sp³-hybridized carbons (Fsp3) is 0.556. The van der Waals surface area contributed by atoms with Gasteiger partial charge in [-0.3, -0.25) is 9.59 Å². The largest absolute Gasteiger partial charge is 0.354 e. The van der Waals surface area contributed by atoms with Crippen molar-refractivity contribution >= 4 is 27.7 Å². The molecule has 5 heteroatoms. The molecule has 1 aromatic carbocycles. The molecule has 0 saturated heterocycles. The van der Waals surface area contributed by atoms with Crippen molar-refractivity contribution in [1.82, 2.24) is 10.2 Å². The molecule has 1 aliphatic carbocycles. The van der Waals surface area contributed by atoms with Gasteiger partial charge in [0.25, 0.3) is 0 Å². The van der Waals surface area contributed by atoms with Crippen molar-refractivity contribution in [1.29, 1.82) is 0 Å². The average Bonchev–Trinajstić information content (AvgIpc) is 2.54. The summed E-state index contributed by atoms with van der Waals surface area (Å²) in [6, 6.07) is 8.10. The van der Waals surface area contributed by atoms with Crippen LogP contribution >= 0.6 is 15.9 Å². The lowest BCUT2D eigenvalue weighted by molar-refractivity contribution is -0.132. The van der Waals surface area contributed by atoms with Gasteiger partial charge in [0.05, 0.1) is 6.42 Å². The van der Waals surface area contributed by atoms with E-state index >= 15 is 0 Å². The molecule has 0 aromatic heterocycles. The van der Waals surface area contributed by atoms with E-state index < -0.39 is 0 Å².